The molecular weight excluding hydrogens is 126 g/mol. The highest BCUT2D eigenvalue weighted by atomic mass is 16.5. The van der Waals surface area contributed by atoms with E-state index in [0.717, 1.165) is 13.2 Å². The third-order valence-corrected chi connectivity index (χ3v) is 2.29. The minimum absolute atomic E-state index is 0.229. The lowest BCUT2D eigenvalue weighted by molar-refractivity contribution is -0.0800. The van der Waals surface area contributed by atoms with Crippen molar-refractivity contribution in [3.63, 3.8) is 0 Å². The summed E-state index contributed by atoms with van der Waals surface area (Å²) in [4.78, 5) is 2.35. The zero-order chi connectivity index (χ0) is 7.78. The number of morpholine rings is 1. The molecule has 0 aromatic heterocycles. The van der Waals surface area contributed by atoms with Crippen LogP contribution in [0.15, 0.2) is 0 Å². The molecule has 1 rings (SSSR count). The second-order valence-corrected chi connectivity index (χ2v) is 3.81. The molecule has 1 fully saturated rings. The molecule has 0 saturated carbocycles. The predicted molar refractivity (Wildman–Crippen MR) is 42.1 cm³/mol. The SMILES string of the molecule is CC1CN(C)C(C)(C)CO1. The van der Waals surface area contributed by atoms with Gasteiger partial charge in [-0.15, -0.1) is 0 Å². The Kier molecular flexibility index (Phi) is 2.02. The molecule has 0 aromatic carbocycles. The summed E-state index contributed by atoms with van der Waals surface area (Å²) in [6.07, 6.45) is 0.401. The molecule has 0 spiro atoms. The Labute approximate surface area is 63.2 Å². The molecule has 0 aromatic rings. The second-order valence-electron chi connectivity index (χ2n) is 3.81. The highest BCUT2D eigenvalue weighted by Gasteiger charge is 2.30. The monoisotopic (exact) mass is 143 g/mol. The van der Waals surface area contributed by atoms with E-state index in [4.69, 9.17) is 4.74 Å². The van der Waals surface area contributed by atoms with E-state index in [1.54, 1.807) is 0 Å². The minimum Gasteiger partial charge on any atom is -0.375 e. The first-order valence-electron chi connectivity index (χ1n) is 3.85. The first-order valence-corrected chi connectivity index (χ1v) is 3.85. The van der Waals surface area contributed by atoms with Crippen LogP contribution in [0.3, 0.4) is 0 Å². The van der Waals surface area contributed by atoms with Crippen LogP contribution in [0.1, 0.15) is 20.8 Å². The fourth-order valence-corrected chi connectivity index (χ4v) is 1.14. The van der Waals surface area contributed by atoms with Crippen LogP contribution in [-0.4, -0.2) is 36.7 Å². The van der Waals surface area contributed by atoms with Crippen LogP contribution in [0.2, 0.25) is 0 Å². The molecule has 1 heterocycles. The molecule has 2 heteroatoms. The van der Waals surface area contributed by atoms with Gasteiger partial charge in [0, 0.05) is 12.1 Å². The van der Waals surface area contributed by atoms with Gasteiger partial charge in [0.2, 0.25) is 0 Å². The van der Waals surface area contributed by atoms with Gasteiger partial charge in [-0.3, -0.25) is 4.90 Å². The number of hydrogen-bond acceptors (Lipinski definition) is 2. The Morgan fingerprint density at radius 1 is 1.50 bits per heavy atom. The third-order valence-electron chi connectivity index (χ3n) is 2.29. The molecule has 0 N–H and O–H groups in total. The summed E-state index contributed by atoms with van der Waals surface area (Å²) in [6.45, 7) is 8.43. The van der Waals surface area contributed by atoms with Crippen LogP contribution >= 0.6 is 0 Å². The van der Waals surface area contributed by atoms with Gasteiger partial charge in [-0.25, -0.2) is 0 Å². The van der Waals surface area contributed by atoms with Crippen LogP contribution < -0.4 is 0 Å². The van der Waals surface area contributed by atoms with Gasteiger partial charge in [0.05, 0.1) is 12.7 Å². The Bertz CT molecular complexity index is 122. The van der Waals surface area contributed by atoms with Crippen LogP contribution in [-0.2, 0) is 4.74 Å². The van der Waals surface area contributed by atoms with Gasteiger partial charge in [-0.05, 0) is 27.8 Å². The third kappa shape index (κ3) is 1.50. The van der Waals surface area contributed by atoms with Gasteiger partial charge < -0.3 is 4.74 Å². The van der Waals surface area contributed by atoms with Crippen molar-refractivity contribution in [2.75, 3.05) is 20.2 Å². The number of likely N-dealkylation sites (N-methyl/N-ethyl adjacent to an activating group) is 1. The number of rotatable bonds is 0. The molecule has 0 aliphatic carbocycles. The fourth-order valence-electron chi connectivity index (χ4n) is 1.14. The molecule has 60 valence electrons. The van der Waals surface area contributed by atoms with E-state index < -0.39 is 0 Å². The molecule has 1 unspecified atom stereocenters. The normalized spacial score (nSPS) is 34.2. The van der Waals surface area contributed by atoms with Crippen molar-refractivity contribution in [1.82, 2.24) is 4.90 Å². The van der Waals surface area contributed by atoms with E-state index in [-0.39, 0.29) is 5.54 Å². The molecule has 1 aliphatic rings. The van der Waals surface area contributed by atoms with E-state index in [2.05, 4.69) is 32.7 Å². The average molecular weight is 143 g/mol. The smallest absolute Gasteiger partial charge is 0.0674 e. The summed E-state index contributed by atoms with van der Waals surface area (Å²) in [6, 6.07) is 0. The molecule has 1 saturated heterocycles. The first kappa shape index (κ1) is 8.02. The molecule has 0 radical (unpaired) electrons. The quantitative estimate of drug-likeness (QED) is 0.504. The van der Waals surface area contributed by atoms with Crippen molar-refractivity contribution < 1.29 is 4.74 Å². The van der Waals surface area contributed by atoms with E-state index in [1.807, 2.05) is 0 Å². The van der Waals surface area contributed by atoms with Gasteiger partial charge in [0.1, 0.15) is 0 Å². The number of nitrogens with zero attached hydrogens (tertiary/aromatic N) is 1. The Hall–Kier alpha value is -0.0800. The fraction of sp³-hybridized carbons (Fsp3) is 1.00. The average Bonchev–Trinajstić information content (AvgIpc) is 1.81. The summed E-state index contributed by atoms with van der Waals surface area (Å²) in [7, 11) is 2.15. The maximum atomic E-state index is 5.52. The Morgan fingerprint density at radius 2 is 2.10 bits per heavy atom. The van der Waals surface area contributed by atoms with Gasteiger partial charge in [0.25, 0.3) is 0 Å². The van der Waals surface area contributed by atoms with Gasteiger partial charge >= 0.3 is 0 Å². The maximum Gasteiger partial charge on any atom is 0.0674 e. The minimum atomic E-state index is 0.229. The lowest BCUT2D eigenvalue weighted by Gasteiger charge is -2.42. The Morgan fingerprint density at radius 3 is 2.50 bits per heavy atom. The Balaban J connectivity index is 2.52. The topological polar surface area (TPSA) is 12.5 Å². The van der Waals surface area contributed by atoms with E-state index in [9.17, 15) is 0 Å². The molecule has 2 nitrogen and oxygen atoms in total. The van der Waals surface area contributed by atoms with Crippen molar-refractivity contribution >= 4 is 0 Å². The first-order chi connectivity index (χ1) is 4.52. The van der Waals surface area contributed by atoms with Gasteiger partial charge in [0.15, 0.2) is 0 Å². The van der Waals surface area contributed by atoms with Gasteiger partial charge in [-0.2, -0.15) is 0 Å². The highest BCUT2D eigenvalue weighted by molar-refractivity contribution is 4.83. The summed E-state index contributed by atoms with van der Waals surface area (Å²) in [5, 5.41) is 0. The molecule has 0 amide bonds. The highest BCUT2D eigenvalue weighted by Crippen LogP contribution is 2.19. The summed E-state index contributed by atoms with van der Waals surface area (Å²) in [5.41, 5.74) is 0.229. The number of ether oxygens (including phenoxy) is 1. The van der Waals surface area contributed by atoms with Crippen molar-refractivity contribution in [2.24, 2.45) is 0 Å². The standard InChI is InChI=1S/C8H17NO/c1-7-5-9(4)8(2,3)6-10-7/h7H,5-6H2,1-4H3. The maximum absolute atomic E-state index is 5.52. The predicted octanol–water partition coefficient (Wildman–Crippen LogP) is 1.12. The van der Waals surface area contributed by atoms with Crippen molar-refractivity contribution in [3.8, 4) is 0 Å². The van der Waals surface area contributed by atoms with Crippen LogP contribution in [0.25, 0.3) is 0 Å². The second kappa shape index (κ2) is 2.51. The van der Waals surface area contributed by atoms with E-state index in [0.29, 0.717) is 6.10 Å². The van der Waals surface area contributed by atoms with Crippen LogP contribution in [0, 0.1) is 0 Å². The van der Waals surface area contributed by atoms with Crippen molar-refractivity contribution in [3.05, 3.63) is 0 Å². The summed E-state index contributed by atoms with van der Waals surface area (Å²) < 4.78 is 5.52. The van der Waals surface area contributed by atoms with E-state index >= 15 is 0 Å². The van der Waals surface area contributed by atoms with Crippen molar-refractivity contribution in [1.29, 1.82) is 0 Å². The zero-order valence-electron chi connectivity index (χ0n) is 7.35. The summed E-state index contributed by atoms with van der Waals surface area (Å²) in [5.74, 6) is 0. The molecule has 1 atom stereocenters. The van der Waals surface area contributed by atoms with Crippen LogP contribution in [0.5, 0.6) is 0 Å². The zero-order valence-corrected chi connectivity index (χ0v) is 7.35. The summed E-state index contributed by atoms with van der Waals surface area (Å²) >= 11 is 0. The van der Waals surface area contributed by atoms with Gasteiger partial charge in [-0.1, -0.05) is 0 Å². The molecule has 10 heavy (non-hydrogen) atoms. The molecule has 1 aliphatic heterocycles. The lowest BCUT2D eigenvalue weighted by atomic mass is 10.0. The number of hydrogen-bond donors (Lipinski definition) is 0. The largest absolute Gasteiger partial charge is 0.375 e. The molecule has 0 bridgehead atoms. The lowest BCUT2D eigenvalue weighted by Crippen LogP contribution is -2.53. The molecular formula is C8H17NO. The van der Waals surface area contributed by atoms with Crippen LogP contribution in [0.4, 0.5) is 0 Å². The van der Waals surface area contributed by atoms with E-state index in [1.165, 1.54) is 0 Å². The van der Waals surface area contributed by atoms with Crippen molar-refractivity contribution in [2.45, 2.75) is 32.4 Å².